The highest BCUT2D eigenvalue weighted by Gasteiger charge is 2.47. The maximum absolute atomic E-state index is 13.3. The van der Waals surface area contributed by atoms with Crippen molar-refractivity contribution in [3.8, 4) is 0 Å². The lowest BCUT2D eigenvalue weighted by Crippen LogP contribution is -2.29. The predicted octanol–water partition coefficient (Wildman–Crippen LogP) is 6.22. The Balaban J connectivity index is 1.81. The first-order valence-corrected chi connectivity index (χ1v) is 11.4. The minimum atomic E-state index is -0.821. The van der Waals surface area contributed by atoms with E-state index in [0.29, 0.717) is 16.3 Å². The Bertz CT molecular complexity index is 1460. The summed E-state index contributed by atoms with van der Waals surface area (Å²) in [7, 11) is 1.91. The number of para-hydroxylation sites is 1. The molecule has 33 heavy (non-hydrogen) atoms. The van der Waals surface area contributed by atoms with Gasteiger partial charge in [0.2, 0.25) is 0 Å². The molecule has 2 heterocycles. The van der Waals surface area contributed by atoms with Crippen LogP contribution in [0.25, 0.3) is 16.7 Å². The Morgan fingerprint density at radius 3 is 2.45 bits per heavy atom. The number of aryl methyl sites for hydroxylation is 1. The summed E-state index contributed by atoms with van der Waals surface area (Å²) in [5.74, 6) is -1.68. The molecule has 1 atom stereocenters. The van der Waals surface area contributed by atoms with Crippen LogP contribution in [0.5, 0.6) is 0 Å². The average molecular weight is 522 g/mol. The van der Waals surface area contributed by atoms with Crippen LogP contribution in [0.4, 0.5) is 5.69 Å². The van der Waals surface area contributed by atoms with Crippen molar-refractivity contribution < 1.29 is 14.7 Å². The Morgan fingerprint density at radius 2 is 1.73 bits per heavy atom. The van der Waals surface area contributed by atoms with Crippen molar-refractivity contribution in [3.63, 3.8) is 0 Å². The van der Waals surface area contributed by atoms with E-state index in [1.165, 1.54) is 4.90 Å². The van der Waals surface area contributed by atoms with E-state index >= 15 is 0 Å². The summed E-state index contributed by atoms with van der Waals surface area (Å²) in [4.78, 5) is 28.1. The molecule has 5 nitrogen and oxygen atoms in total. The third-order valence-corrected chi connectivity index (χ3v) is 6.63. The summed E-state index contributed by atoms with van der Waals surface area (Å²) in [5.41, 5.74) is 2.67. The molecule has 0 spiro atoms. The zero-order valence-electron chi connectivity index (χ0n) is 17.5. The van der Waals surface area contributed by atoms with Gasteiger partial charge >= 0.3 is 0 Å². The first-order valence-electron chi connectivity index (χ1n) is 10.2. The molecule has 7 heteroatoms. The van der Waals surface area contributed by atoms with E-state index in [9.17, 15) is 14.7 Å². The maximum atomic E-state index is 13.3. The quantitative estimate of drug-likeness (QED) is 0.198. The fourth-order valence-electron chi connectivity index (χ4n) is 4.37. The van der Waals surface area contributed by atoms with E-state index in [1.54, 1.807) is 48.5 Å². The number of Topliss-reactive ketones (excluding diaryl/α,β-unsaturated/α-hetero) is 1. The number of carbonyl (C=O) groups is 2. The number of fused-ring (bicyclic) bond motifs is 1. The number of hydrogen-bond donors (Lipinski definition) is 1. The summed E-state index contributed by atoms with van der Waals surface area (Å²) in [6.45, 7) is 0. The van der Waals surface area contributed by atoms with Gasteiger partial charge in [0, 0.05) is 50.5 Å². The third kappa shape index (κ3) is 3.56. The van der Waals surface area contributed by atoms with Crippen molar-refractivity contribution in [3.05, 3.63) is 105 Å². The average Bonchev–Trinajstić information content (AvgIpc) is 3.27. The van der Waals surface area contributed by atoms with Crippen LogP contribution in [0, 0.1) is 0 Å². The normalized spacial score (nSPS) is 17.8. The van der Waals surface area contributed by atoms with Crippen LogP contribution in [0.1, 0.15) is 17.2 Å². The molecule has 5 rings (SSSR count). The Kier molecular flexibility index (Phi) is 5.35. The highest BCUT2D eigenvalue weighted by Crippen LogP contribution is 2.45. The topological polar surface area (TPSA) is 62.5 Å². The van der Waals surface area contributed by atoms with Crippen molar-refractivity contribution in [2.24, 2.45) is 7.05 Å². The van der Waals surface area contributed by atoms with Gasteiger partial charge in [-0.3, -0.25) is 14.5 Å². The van der Waals surface area contributed by atoms with Gasteiger partial charge in [-0.25, -0.2) is 0 Å². The molecule has 1 saturated heterocycles. The lowest BCUT2D eigenvalue weighted by atomic mass is 9.95. The lowest BCUT2D eigenvalue weighted by molar-refractivity contribution is -0.132. The fourth-order valence-corrected chi connectivity index (χ4v) is 4.82. The van der Waals surface area contributed by atoms with Crippen LogP contribution >= 0.6 is 27.5 Å². The summed E-state index contributed by atoms with van der Waals surface area (Å²) in [5, 5.41) is 12.6. The van der Waals surface area contributed by atoms with E-state index in [-0.39, 0.29) is 11.3 Å². The van der Waals surface area contributed by atoms with Crippen LogP contribution in [-0.2, 0) is 16.6 Å². The minimum absolute atomic E-state index is 0.0404. The molecule has 1 fully saturated rings. The number of ketones is 1. The zero-order chi connectivity index (χ0) is 23.3. The second-order valence-corrected chi connectivity index (χ2v) is 9.22. The van der Waals surface area contributed by atoms with Crippen LogP contribution in [-0.4, -0.2) is 21.4 Å². The Hall–Kier alpha value is -3.35. The van der Waals surface area contributed by atoms with Gasteiger partial charge in [0.15, 0.2) is 0 Å². The summed E-state index contributed by atoms with van der Waals surface area (Å²) in [6, 6.07) is 20.7. The molecule has 164 valence electrons. The van der Waals surface area contributed by atoms with E-state index in [4.69, 9.17) is 11.6 Å². The highest BCUT2D eigenvalue weighted by atomic mass is 79.9. The van der Waals surface area contributed by atoms with Gasteiger partial charge < -0.3 is 9.67 Å². The van der Waals surface area contributed by atoms with E-state index in [0.717, 1.165) is 20.9 Å². The number of benzene rings is 3. The van der Waals surface area contributed by atoms with E-state index in [1.807, 2.05) is 42.1 Å². The molecule has 0 saturated carbocycles. The number of halogens is 2. The molecule has 1 aliphatic heterocycles. The van der Waals surface area contributed by atoms with Crippen LogP contribution < -0.4 is 4.90 Å². The monoisotopic (exact) mass is 520 g/mol. The zero-order valence-corrected chi connectivity index (χ0v) is 19.8. The number of nitrogens with zero attached hydrogens (tertiary/aromatic N) is 2. The molecule has 3 aromatic carbocycles. The highest BCUT2D eigenvalue weighted by molar-refractivity contribution is 9.10. The number of aromatic nitrogens is 1. The standard InChI is InChI=1S/C26H18BrClN2O3/c1-29-14-20(19-7-2-3-8-21(19)29)23-22(24(31)15-9-11-16(27)12-10-15)25(32)26(33)30(23)18-6-4-5-17(28)13-18/h2-14,23,31H,1H3/b24-22+. The molecule has 1 aromatic heterocycles. The molecular weight excluding hydrogens is 504 g/mol. The van der Waals surface area contributed by atoms with E-state index < -0.39 is 17.7 Å². The minimum Gasteiger partial charge on any atom is -0.507 e. The number of aliphatic hydroxyl groups excluding tert-OH is 1. The van der Waals surface area contributed by atoms with E-state index in [2.05, 4.69) is 15.9 Å². The Morgan fingerprint density at radius 1 is 1.00 bits per heavy atom. The predicted molar refractivity (Wildman–Crippen MR) is 133 cm³/mol. The van der Waals surface area contributed by atoms with Gasteiger partial charge in [-0.15, -0.1) is 0 Å². The SMILES string of the molecule is Cn1cc(C2/C(=C(\O)c3ccc(Br)cc3)C(=O)C(=O)N2c2cccc(Cl)c2)c2ccccc21. The number of hydrogen-bond acceptors (Lipinski definition) is 3. The van der Waals surface area contributed by atoms with Crippen molar-refractivity contribution in [2.45, 2.75) is 6.04 Å². The maximum Gasteiger partial charge on any atom is 0.300 e. The van der Waals surface area contributed by atoms with Crippen LogP contribution in [0.2, 0.25) is 5.02 Å². The number of amides is 1. The number of aliphatic hydroxyl groups is 1. The van der Waals surface area contributed by atoms with Crippen molar-refractivity contribution in [1.29, 1.82) is 0 Å². The van der Waals surface area contributed by atoms with Crippen molar-refractivity contribution >= 4 is 61.6 Å². The van der Waals surface area contributed by atoms with Gasteiger partial charge in [-0.2, -0.15) is 0 Å². The number of rotatable bonds is 3. The van der Waals surface area contributed by atoms with Gasteiger partial charge in [-0.1, -0.05) is 63.9 Å². The van der Waals surface area contributed by atoms with Crippen LogP contribution in [0.3, 0.4) is 0 Å². The van der Waals surface area contributed by atoms with Gasteiger partial charge in [0.1, 0.15) is 5.76 Å². The largest absolute Gasteiger partial charge is 0.507 e. The van der Waals surface area contributed by atoms with Crippen molar-refractivity contribution in [2.75, 3.05) is 4.90 Å². The van der Waals surface area contributed by atoms with Gasteiger partial charge in [0.25, 0.3) is 11.7 Å². The van der Waals surface area contributed by atoms with Crippen molar-refractivity contribution in [1.82, 2.24) is 4.57 Å². The fraction of sp³-hybridized carbons (Fsp3) is 0.0769. The molecule has 1 aliphatic rings. The second-order valence-electron chi connectivity index (χ2n) is 7.87. The Labute approximate surface area is 203 Å². The molecule has 1 unspecified atom stereocenters. The first-order chi connectivity index (χ1) is 15.9. The van der Waals surface area contributed by atoms with Crippen LogP contribution in [0.15, 0.2) is 89.0 Å². The molecular formula is C26H18BrClN2O3. The van der Waals surface area contributed by atoms with Gasteiger partial charge in [-0.05, 0) is 36.4 Å². The lowest BCUT2D eigenvalue weighted by Gasteiger charge is -2.25. The number of carbonyl (C=O) groups excluding carboxylic acids is 2. The summed E-state index contributed by atoms with van der Waals surface area (Å²) >= 11 is 9.60. The second kappa shape index (κ2) is 8.21. The molecule has 1 N–H and O–H groups in total. The number of anilines is 1. The molecule has 0 radical (unpaired) electrons. The summed E-state index contributed by atoms with van der Waals surface area (Å²) in [6.07, 6.45) is 1.90. The summed E-state index contributed by atoms with van der Waals surface area (Å²) < 4.78 is 2.78. The third-order valence-electron chi connectivity index (χ3n) is 5.87. The molecule has 0 aliphatic carbocycles. The smallest absolute Gasteiger partial charge is 0.300 e. The molecule has 1 amide bonds. The molecule has 0 bridgehead atoms. The van der Waals surface area contributed by atoms with Gasteiger partial charge in [0.05, 0.1) is 11.6 Å². The molecule has 4 aromatic rings. The first kappa shape index (κ1) is 21.5.